The SMILES string of the molecule is CCC(NC(=O)C(C)NC(=O)c1ccc(Br)s1)C(=O)O. The van der Waals surface area contributed by atoms with Crippen molar-refractivity contribution in [1.82, 2.24) is 10.6 Å². The summed E-state index contributed by atoms with van der Waals surface area (Å²) in [5.41, 5.74) is 0. The molecule has 0 aliphatic rings. The van der Waals surface area contributed by atoms with Crippen molar-refractivity contribution in [2.24, 2.45) is 0 Å². The van der Waals surface area contributed by atoms with Crippen LogP contribution >= 0.6 is 27.3 Å². The normalized spacial score (nSPS) is 13.3. The van der Waals surface area contributed by atoms with E-state index in [1.807, 2.05) is 0 Å². The van der Waals surface area contributed by atoms with Crippen molar-refractivity contribution >= 4 is 45.1 Å². The van der Waals surface area contributed by atoms with E-state index < -0.39 is 24.0 Å². The quantitative estimate of drug-likeness (QED) is 0.716. The van der Waals surface area contributed by atoms with Crippen LogP contribution in [0.3, 0.4) is 0 Å². The van der Waals surface area contributed by atoms with Gasteiger partial charge in [-0.05, 0) is 41.4 Å². The van der Waals surface area contributed by atoms with Crippen molar-refractivity contribution in [3.05, 3.63) is 20.8 Å². The average molecular weight is 363 g/mol. The van der Waals surface area contributed by atoms with Crippen LogP contribution in [0.4, 0.5) is 0 Å². The van der Waals surface area contributed by atoms with E-state index in [4.69, 9.17) is 5.11 Å². The number of carboxylic acid groups (broad SMARTS) is 1. The van der Waals surface area contributed by atoms with Gasteiger partial charge in [0.25, 0.3) is 5.91 Å². The molecule has 1 heterocycles. The van der Waals surface area contributed by atoms with E-state index in [1.165, 1.54) is 18.3 Å². The van der Waals surface area contributed by atoms with Crippen LogP contribution in [0.1, 0.15) is 29.9 Å². The molecular weight excluding hydrogens is 348 g/mol. The molecule has 8 heteroatoms. The molecule has 0 fully saturated rings. The van der Waals surface area contributed by atoms with Gasteiger partial charge in [0, 0.05) is 0 Å². The molecule has 0 spiro atoms. The highest BCUT2D eigenvalue weighted by Gasteiger charge is 2.23. The molecule has 1 rings (SSSR count). The van der Waals surface area contributed by atoms with Crippen molar-refractivity contribution < 1.29 is 19.5 Å². The third-order valence-electron chi connectivity index (χ3n) is 2.56. The van der Waals surface area contributed by atoms with E-state index in [9.17, 15) is 14.4 Å². The second-order valence-electron chi connectivity index (χ2n) is 4.11. The minimum Gasteiger partial charge on any atom is -0.480 e. The number of carboxylic acids is 1. The Labute approximate surface area is 128 Å². The largest absolute Gasteiger partial charge is 0.480 e. The zero-order valence-electron chi connectivity index (χ0n) is 11.0. The number of carbonyl (C=O) groups excluding carboxylic acids is 2. The van der Waals surface area contributed by atoms with E-state index in [-0.39, 0.29) is 12.3 Å². The van der Waals surface area contributed by atoms with Gasteiger partial charge in [-0.3, -0.25) is 9.59 Å². The first kappa shape index (κ1) is 16.6. The fourth-order valence-corrected chi connectivity index (χ4v) is 2.69. The van der Waals surface area contributed by atoms with Crippen LogP contribution in [-0.2, 0) is 9.59 Å². The Balaban J connectivity index is 2.57. The summed E-state index contributed by atoms with van der Waals surface area (Å²) in [5, 5.41) is 13.8. The predicted molar refractivity (Wildman–Crippen MR) is 78.8 cm³/mol. The molecule has 2 amide bonds. The van der Waals surface area contributed by atoms with Crippen molar-refractivity contribution in [1.29, 1.82) is 0 Å². The van der Waals surface area contributed by atoms with Gasteiger partial charge in [-0.2, -0.15) is 0 Å². The lowest BCUT2D eigenvalue weighted by atomic mass is 10.2. The number of nitrogens with one attached hydrogen (secondary N) is 2. The number of thiophene rings is 1. The van der Waals surface area contributed by atoms with Gasteiger partial charge in [0.05, 0.1) is 8.66 Å². The Hall–Kier alpha value is -1.41. The van der Waals surface area contributed by atoms with Crippen molar-refractivity contribution in [2.45, 2.75) is 32.4 Å². The maximum atomic E-state index is 11.8. The molecule has 6 nitrogen and oxygen atoms in total. The Morgan fingerprint density at radius 1 is 1.35 bits per heavy atom. The van der Waals surface area contributed by atoms with Crippen LogP contribution in [0, 0.1) is 0 Å². The molecule has 0 aliphatic heterocycles. The Morgan fingerprint density at radius 3 is 2.45 bits per heavy atom. The zero-order valence-corrected chi connectivity index (χ0v) is 13.4. The van der Waals surface area contributed by atoms with Crippen LogP contribution in [0.5, 0.6) is 0 Å². The molecule has 0 saturated carbocycles. The first-order valence-corrected chi connectivity index (χ1v) is 7.55. The van der Waals surface area contributed by atoms with Gasteiger partial charge < -0.3 is 15.7 Å². The first-order chi connectivity index (χ1) is 9.35. The maximum Gasteiger partial charge on any atom is 0.326 e. The molecule has 2 unspecified atom stereocenters. The summed E-state index contributed by atoms with van der Waals surface area (Å²) in [6.07, 6.45) is 0.277. The van der Waals surface area contributed by atoms with Gasteiger partial charge in [0.1, 0.15) is 12.1 Å². The lowest BCUT2D eigenvalue weighted by Crippen LogP contribution is -2.50. The minimum absolute atomic E-state index is 0.277. The summed E-state index contributed by atoms with van der Waals surface area (Å²) < 4.78 is 0.816. The second-order valence-corrected chi connectivity index (χ2v) is 6.57. The Morgan fingerprint density at radius 2 is 2.00 bits per heavy atom. The molecule has 1 aromatic heterocycles. The number of aliphatic carboxylic acids is 1. The van der Waals surface area contributed by atoms with E-state index >= 15 is 0 Å². The predicted octanol–water partition coefficient (Wildman–Crippen LogP) is 1.61. The van der Waals surface area contributed by atoms with Gasteiger partial charge in [0.2, 0.25) is 5.91 Å². The van der Waals surface area contributed by atoms with E-state index in [2.05, 4.69) is 26.6 Å². The summed E-state index contributed by atoms with van der Waals surface area (Å²) in [6, 6.07) is 1.62. The monoisotopic (exact) mass is 362 g/mol. The summed E-state index contributed by atoms with van der Waals surface area (Å²) in [6.45, 7) is 3.16. The Bertz CT molecular complexity index is 517. The summed E-state index contributed by atoms with van der Waals surface area (Å²) >= 11 is 4.50. The topological polar surface area (TPSA) is 95.5 Å². The fraction of sp³-hybridized carbons (Fsp3) is 0.417. The lowest BCUT2D eigenvalue weighted by Gasteiger charge is -2.17. The highest BCUT2D eigenvalue weighted by Crippen LogP contribution is 2.21. The van der Waals surface area contributed by atoms with Crippen LogP contribution in [-0.4, -0.2) is 35.0 Å². The number of carbonyl (C=O) groups is 3. The number of halogens is 1. The smallest absolute Gasteiger partial charge is 0.326 e. The van der Waals surface area contributed by atoms with Crippen molar-refractivity contribution in [3.8, 4) is 0 Å². The molecule has 0 saturated heterocycles. The van der Waals surface area contributed by atoms with Gasteiger partial charge in [-0.15, -0.1) is 11.3 Å². The lowest BCUT2D eigenvalue weighted by molar-refractivity contribution is -0.142. The molecule has 0 bridgehead atoms. The number of rotatable bonds is 6. The van der Waals surface area contributed by atoms with Crippen molar-refractivity contribution in [2.75, 3.05) is 0 Å². The number of amides is 2. The third-order valence-corrected chi connectivity index (χ3v) is 4.18. The maximum absolute atomic E-state index is 11.8. The highest BCUT2D eigenvalue weighted by molar-refractivity contribution is 9.11. The summed E-state index contributed by atoms with van der Waals surface area (Å²) in [5.74, 6) is -1.99. The first-order valence-electron chi connectivity index (χ1n) is 5.94. The summed E-state index contributed by atoms with van der Waals surface area (Å²) in [4.78, 5) is 34.9. The average Bonchev–Trinajstić information content (AvgIpc) is 2.81. The highest BCUT2D eigenvalue weighted by atomic mass is 79.9. The van der Waals surface area contributed by atoms with Crippen LogP contribution in [0.2, 0.25) is 0 Å². The Kier molecular flexibility index (Phi) is 6.15. The molecule has 1 aromatic rings. The standard InChI is InChI=1S/C12H15BrN2O4S/c1-3-7(12(18)19)15-10(16)6(2)14-11(17)8-4-5-9(13)20-8/h4-7H,3H2,1-2H3,(H,14,17)(H,15,16)(H,18,19). The molecule has 0 aromatic carbocycles. The fourth-order valence-electron chi connectivity index (χ4n) is 1.40. The molecule has 2 atom stereocenters. The van der Waals surface area contributed by atoms with Crippen molar-refractivity contribution in [3.63, 3.8) is 0 Å². The van der Waals surface area contributed by atoms with Gasteiger partial charge in [0.15, 0.2) is 0 Å². The molecule has 0 radical (unpaired) electrons. The summed E-state index contributed by atoms with van der Waals surface area (Å²) in [7, 11) is 0. The number of hydrogen-bond donors (Lipinski definition) is 3. The second kappa shape index (κ2) is 7.39. The molecule has 110 valence electrons. The number of hydrogen-bond acceptors (Lipinski definition) is 4. The van der Waals surface area contributed by atoms with Gasteiger partial charge >= 0.3 is 5.97 Å². The van der Waals surface area contributed by atoms with E-state index in [0.29, 0.717) is 4.88 Å². The molecular formula is C12H15BrN2O4S. The van der Waals surface area contributed by atoms with Crippen LogP contribution in [0.25, 0.3) is 0 Å². The van der Waals surface area contributed by atoms with Gasteiger partial charge in [-0.25, -0.2) is 4.79 Å². The van der Waals surface area contributed by atoms with E-state index in [0.717, 1.165) is 3.79 Å². The van der Waals surface area contributed by atoms with Crippen LogP contribution in [0.15, 0.2) is 15.9 Å². The zero-order chi connectivity index (χ0) is 15.3. The van der Waals surface area contributed by atoms with Crippen LogP contribution < -0.4 is 10.6 Å². The molecule has 0 aliphatic carbocycles. The van der Waals surface area contributed by atoms with Gasteiger partial charge in [-0.1, -0.05) is 6.92 Å². The van der Waals surface area contributed by atoms with E-state index in [1.54, 1.807) is 19.1 Å². The molecule has 3 N–H and O–H groups in total. The molecule has 20 heavy (non-hydrogen) atoms. The third kappa shape index (κ3) is 4.61. The minimum atomic E-state index is -1.10.